The second kappa shape index (κ2) is 10.6. The lowest BCUT2D eigenvalue weighted by atomic mass is 10.1. The fourth-order valence-corrected chi connectivity index (χ4v) is 4.20. The highest BCUT2D eigenvalue weighted by molar-refractivity contribution is 9.11. The summed E-state index contributed by atoms with van der Waals surface area (Å²) in [6.45, 7) is 7.60. The number of aliphatic carboxylic acids is 1. The molecule has 0 fully saturated rings. The third-order valence-electron chi connectivity index (χ3n) is 3.27. The van der Waals surface area contributed by atoms with Crippen molar-refractivity contribution in [2.24, 2.45) is 0 Å². The van der Waals surface area contributed by atoms with E-state index in [1.807, 2.05) is 0 Å². The minimum atomic E-state index is -3.22. The molecule has 1 aromatic rings. The van der Waals surface area contributed by atoms with E-state index in [0.29, 0.717) is 15.6 Å². The number of carbonyl (C=O) groups excluding carboxylic acids is 1. The van der Waals surface area contributed by atoms with Gasteiger partial charge in [-0.15, -0.1) is 0 Å². The zero-order valence-electron chi connectivity index (χ0n) is 14.7. The van der Waals surface area contributed by atoms with Gasteiger partial charge >= 0.3 is 13.6 Å². The van der Waals surface area contributed by atoms with Crippen LogP contribution in [0.1, 0.15) is 36.2 Å². The molecular weight excluding hydrogens is 425 g/mol. The van der Waals surface area contributed by atoms with Gasteiger partial charge < -0.3 is 19.5 Å². The second-order valence-electron chi connectivity index (χ2n) is 5.39. The number of benzene rings is 1. The SMILES string of the molecule is C=C(Br)C[C@@H](NC(=O)c1ccc(CP(=O)(OCC)OCC)cc1)C(=O)O. The average molecular weight is 448 g/mol. The molecule has 0 unspecified atom stereocenters. The van der Waals surface area contributed by atoms with E-state index < -0.39 is 25.5 Å². The van der Waals surface area contributed by atoms with Crippen LogP contribution in [0.25, 0.3) is 0 Å². The van der Waals surface area contributed by atoms with Crippen LogP contribution in [0.5, 0.6) is 0 Å². The van der Waals surface area contributed by atoms with Crippen LogP contribution in [-0.4, -0.2) is 36.2 Å². The molecule has 9 heteroatoms. The molecular formula is C17H23BrNO6P. The standard InChI is InChI=1S/C17H23BrNO6P/c1-4-24-26(23,25-5-2)11-13-6-8-14(9-7-13)16(20)19-15(17(21)22)10-12(3)18/h6-9,15H,3-5,10-11H2,1-2H3,(H,19,20)(H,21,22)/t15-/m1/s1. The molecule has 1 amide bonds. The minimum absolute atomic E-state index is 0.0745. The third-order valence-corrected chi connectivity index (χ3v) is 5.65. The topological polar surface area (TPSA) is 102 Å². The van der Waals surface area contributed by atoms with Crippen molar-refractivity contribution < 1.29 is 28.3 Å². The molecule has 7 nitrogen and oxygen atoms in total. The summed E-state index contributed by atoms with van der Waals surface area (Å²) in [5.74, 6) is -1.67. The van der Waals surface area contributed by atoms with Crippen molar-refractivity contribution >= 4 is 35.4 Å². The normalized spacial score (nSPS) is 12.4. The van der Waals surface area contributed by atoms with Gasteiger partial charge in [-0.1, -0.05) is 34.6 Å². The van der Waals surface area contributed by atoms with E-state index in [0.717, 1.165) is 0 Å². The monoisotopic (exact) mass is 447 g/mol. The molecule has 0 aliphatic rings. The molecule has 144 valence electrons. The maximum absolute atomic E-state index is 12.5. The van der Waals surface area contributed by atoms with Crippen molar-refractivity contribution in [3.63, 3.8) is 0 Å². The highest BCUT2D eigenvalue weighted by Crippen LogP contribution is 2.51. The first-order valence-electron chi connectivity index (χ1n) is 8.04. The van der Waals surface area contributed by atoms with Crippen molar-refractivity contribution in [2.75, 3.05) is 13.2 Å². The maximum atomic E-state index is 12.5. The molecule has 2 N–H and O–H groups in total. The summed E-state index contributed by atoms with van der Waals surface area (Å²) in [6.07, 6.45) is 0.169. The summed E-state index contributed by atoms with van der Waals surface area (Å²) in [4.78, 5) is 23.4. The van der Waals surface area contributed by atoms with Crippen LogP contribution in [0.4, 0.5) is 0 Å². The number of amides is 1. The van der Waals surface area contributed by atoms with Crippen LogP contribution in [0.3, 0.4) is 0 Å². The summed E-state index contributed by atoms with van der Waals surface area (Å²) in [5.41, 5.74) is 0.984. The average Bonchev–Trinajstić information content (AvgIpc) is 2.54. The van der Waals surface area contributed by atoms with E-state index in [-0.39, 0.29) is 25.8 Å². The molecule has 0 heterocycles. The van der Waals surface area contributed by atoms with Crippen molar-refractivity contribution in [2.45, 2.75) is 32.5 Å². The zero-order valence-corrected chi connectivity index (χ0v) is 17.2. The predicted molar refractivity (Wildman–Crippen MR) is 103 cm³/mol. The highest BCUT2D eigenvalue weighted by Gasteiger charge is 2.24. The van der Waals surface area contributed by atoms with Crippen LogP contribution in [-0.2, 0) is 24.6 Å². The Labute approximate surface area is 161 Å². The number of nitrogens with one attached hydrogen (secondary N) is 1. The number of hydrogen-bond acceptors (Lipinski definition) is 5. The van der Waals surface area contributed by atoms with Crippen molar-refractivity contribution in [1.82, 2.24) is 5.32 Å². The summed E-state index contributed by atoms with van der Waals surface area (Å²) in [5, 5.41) is 11.6. The lowest BCUT2D eigenvalue weighted by molar-refractivity contribution is -0.139. The number of carbonyl (C=O) groups is 2. The highest BCUT2D eigenvalue weighted by atomic mass is 79.9. The first-order chi connectivity index (χ1) is 12.2. The smallest absolute Gasteiger partial charge is 0.335 e. The molecule has 0 saturated heterocycles. The van der Waals surface area contributed by atoms with E-state index in [2.05, 4.69) is 27.8 Å². The van der Waals surface area contributed by atoms with Crippen LogP contribution < -0.4 is 5.32 Å². The molecule has 0 saturated carbocycles. The van der Waals surface area contributed by atoms with Crippen molar-refractivity contribution in [3.05, 3.63) is 46.5 Å². The number of halogens is 1. The van der Waals surface area contributed by atoms with E-state index >= 15 is 0 Å². The third kappa shape index (κ3) is 7.41. The van der Waals surface area contributed by atoms with Gasteiger partial charge in [-0.3, -0.25) is 9.36 Å². The molecule has 0 radical (unpaired) electrons. The van der Waals surface area contributed by atoms with Gasteiger partial charge in [-0.05, 0) is 36.0 Å². The molecule has 0 aliphatic carbocycles. The Balaban J connectivity index is 2.82. The molecule has 0 spiro atoms. The quantitative estimate of drug-likeness (QED) is 0.498. The van der Waals surface area contributed by atoms with E-state index in [9.17, 15) is 14.2 Å². The lowest BCUT2D eigenvalue weighted by Gasteiger charge is -2.17. The molecule has 1 rings (SSSR count). The van der Waals surface area contributed by atoms with Gasteiger partial charge in [0.05, 0.1) is 19.4 Å². The summed E-state index contributed by atoms with van der Waals surface area (Å²) < 4.78 is 23.5. The van der Waals surface area contributed by atoms with Gasteiger partial charge in [0, 0.05) is 12.0 Å². The Morgan fingerprint density at radius 1 is 1.23 bits per heavy atom. The maximum Gasteiger partial charge on any atom is 0.335 e. The number of rotatable bonds is 11. The zero-order chi connectivity index (χ0) is 19.7. The molecule has 26 heavy (non-hydrogen) atoms. The minimum Gasteiger partial charge on any atom is -0.480 e. The van der Waals surface area contributed by atoms with Gasteiger partial charge in [0.25, 0.3) is 5.91 Å². The Bertz CT molecular complexity index is 681. The molecule has 0 aromatic heterocycles. The van der Waals surface area contributed by atoms with Crippen LogP contribution >= 0.6 is 23.5 Å². The summed E-state index contributed by atoms with van der Waals surface area (Å²) in [7, 11) is -3.22. The van der Waals surface area contributed by atoms with Crippen molar-refractivity contribution in [3.8, 4) is 0 Å². The van der Waals surface area contributed by atoms with Gasteiger partial charge in [0.2, 0.25) is 0 Å². The molecule has 0 bridgehead atoms. The Kier molecular flexibility index (Phi) is 9.22. The first-order valence-corrected chi connectivity index (χ1v) is 10.6. The molecule has 1 aromatic carbocycles. The number of carboxylic acids is 1. The summed E-state index contributed by atoms with van der Waals surface area (Å²) >= 11 is 3.09. The van der Waals surface area contributed by atoms with Gasteiger partial charge in [0.15, 0.2) is 0 Å². The first kappa shape index (κ1) is 22.6. The van der Waals surface area contributed by atoms with E-state index in [4.69, 9.17) is 14.2 Å². The van der Waals surface area contributed by atoms with E-state index in [1.165, 1.54) is 12.1 Å². The Morgan fingerprint density at radius 3 is 2.19 bits per heavy atom. The largest absolute Gasteiger partial charge is 0.480 e. The van der Waals surface area contributed by atoms with Crippen LogP contribution in [0, 0.1) is 0 Å². The Morgan fingerprint density at radius 2 is 1.77 bits per heavy atom. The Hall–Kier alpha value is -1.47. The molecule has 1 atom stereocenters. The fourth-order valence-electron chi connectivity index (χ4n) is 2.17. The number of hydrogen-bond donors (Lipinski definition) is 2. The van der Waals surface area contributed by atoms with Gasteiger partial charge in [-0.2, -0.15) is 0 Å². The van der Waals surface area contributed by atoms with Crippen LogP contribution in [0.2, 0.25) is 0 Å². The number of carboxylic acid groups (broad SMARTS) is 1. The van der Waals surface area contributed by atoms with Crippen LogP contribution in [0.15, 0.2) is 35.3 Å². The summed E-state index contributed by atoms with van der Waals surface area (Å²) in [6, 6.07) is 5.27. The second-order valence-corrected chi connectivity index (χ2v) is 8.56. The predicted octanol–water partition coefficient (Wildman–Crippen LogP) is 3.93. The lowest BCUT2D eigenvalue weighted by Crippen LogP contribution is -2.40. The fraction of sp³-hybridized carbons (Fsp3) is 0.412. The van der Waals surface area contributed by atoms with Gasteiger partial charge in [-0.25, -0.2) is 4.79 Å². The van der Waals surface area contributed by atoms with Crippen molar-refractivity contribution in [1.29, 1.82) is 0 Å². The van der Waals surface area contributed by atoms with Gasteiger partial charge in [0.1, 0.15) is 6.04 Å². The van der Waals surface area contributed by atoms with E-state index in [1.54, 1.807) is 26.0 Å². The molecule has 0 aliphatic heterocycles.